The van der Waals surface area contributed by atoms with Crippen molar-refractivity contribution in [3.63, 3.8) is 0 Å². The Labute approximate surface area is 193 Å². The van der Waals surface area contributed by atoms with Crippen LogP contribution in [0.5, 0.6) is 5.75 Å². The molecule has 156 valence electrons. The van der Waals surface area contributed by atoms with E-state index < -0.39 is 11.8 Å². The molecule has 0 spiro atoms. The van der Waals surface area contributed by atoms with E-state index in [1.54, 1.807) is 48.5 Å². The zero-order chi connectivity index (χ0) is 22.0. The van der Waals surface area contributed by atoms with Crippen LogP contribution in [0.2, 0.25) is 15.1 Å². The van der Waals surface area contributed by atoms with Gasteiger partial charge < -0.3 is 4.74 Å². The van der Waals surface area contributed by atoms with Gasteiger partial charge in [-0.15, -0.1) is 0 Å². The first-order valence-electron chi connectivity index (χ1n) is 9.21. The van der Waals surface area contributed by atoms with Gasteiger partial charge >= 0.3 is 0 Å². The molecule has 1 N–H and O–H groups in total. The molecule has 3 aromatic rings. The summed E-state index contributed by atoms with van der Waals surface area (Å²) in [5, 5.41) is 2.35. The minimum absolute atomic E-state index is 0.0224. The number of nitrogens with zero attached hydrogens (tertiary/aromatic N) is 1. The van der Waals surface area contributed by atoms with Gasteiger partial charge in [0.05, 0.1) is 15.7 Å². The van der Waals surface area contributed by atoms with Crippen LogP contribution in [-0.4, -0.2) is 11.8 Å². The van der Waals surface area contributed by atoms with Gasteiger partial charge in [0.2, 0.25) is 0 Å². The zero-order valence-corrected chi connectivity index (χ0v) is 18.2. The van der Waals surface area contributed by atoms with Crippen molar-refractivity contribution in [2.24, 2.45) is 0 Å². The minimum atomic E-state index is -0.510. The number of ether oxygens (including phenoxy) is 1. The third kappa shape index (κ3) is 4.69. The fourth-order valence-electron chi connectivity index (χ4n) is 3.02. The number of carbonyl (C=O) groups is 2. The van der Waals surface area contributed by atoms with Gasteiger partial charge in [0.15, 0.2) is 5.75 Å². The van der Waals surface area contributed by atoms with Crippen LogP contribution < -0.4 is 15.2 Å². The van der Waals surface area contributed by atoms with E-state index in [1.807, 2.05) is 18.2 Å². The molecule has 31 heavy (non-hydrogen) atoms. The molecule has 1 fully saturated rings. The van der Waals surface area contributed by atoms with Gasteiger partial charge in [-0.3, -0.25) is 15.0 Å². The lowest BCUT2D eigenvalue weighted by Crippen LogP contribution is -2.35. The van der Waals surface area contributed by atoms with Crippen molar-refractivity contribution in [3.05, 3.63) is 98.5 Å². The molecule has 2 amide bonds. The predicted molar refractivity (Wildman–Crippen MR) is 122 cm³/mol. The van der Waals surface area contributed by atoms with Crippen LogP contribution in [0.3, 0.4) is 0 Å². The van der Waals surface area contributed by atoms with Gasteiger partial charge in [0.25, 0.3) is 11.8 Å². The van der Waals surface area contributed by atoms with Crippen molar-refractivity contribution in [3.8, 4) is 5.75 Å². The molecular weight excluding hydrogens is 459 g/mol. The number of anilines is 1. The molecule has 0 bridgehead atoms. The molecule has 1 heterocycles. The molecule has 0 atom stereocenters. The van der Waals surface area contributed by atoms with Gasteiger partial charge in [0, 0.05) is 5.02 Å². The fourth-order valence-corrected chi connectivity index (χ4v) is 3.76. The smallest absolute Gasteiger partial charge is 0.282 e. The van der Waals surface area contributed by atoms with E-state index in [1.165, 1.54) is 11.1 Å². The zero-order valence-electron chi connectivity index (χ0n) is 15.9. The highest BCUT2D eigenvalue weighted by Crippen LogP contribution is 2.36. The van der Waals surface area contributed by atoms with E-state index >= 15 is 0 Å². The van der Waals surface area contributed by atoms with Crippen LogP contribution in [0.1, 0.15) is 11.1 Å². The van der Waals surface area contributed by atoms with Crippen LogP contribution in [0, 0.1) is 0 Å². The summed E-state index contributed by atoms with van der Waals surface area (Å²) in [6.45, 7) is 0.254. The first kappa shape index (κ1) is 21.2. The second-order valence-corrected chi connectivity index (χ2v) is 7.95. The van der Waals surface area contributed by atoms with Gasteiger partial charge in [-0.1, -0.05) is 65.1 Å². The van der Waals surface area contributed by atoms with Crippen molar-refractivity contribution in [2.75, 3.05) is 5.01 Å². The monoisotopic (exact) mass is 472 g/mol. The predicted octanol–water partition coefficient (Wildman–Crippen LogP) is 5.69. The van der Waals surface area contributed by atoms with Crippen LogP contribution in [-0.2, 0) is 16.2 Å². The molecule has 3 aromatic carbocycles. The van der Waals surface area contributed by atoms with Crippen LogP contribution in [0.4, 0.5) is 5.69 Å². The molecule has 4 rings (SSSR count). The largest absolute Gasteiger partial charge is 0.486 e. The highest BCUT2D eigenvalue weighted by atomic mass is 35.5. The van der Waals surface area contributed by atoms with Crippen molar-refractivity contribution < 1.29 is 14.3 Å². The Bertz CT molecular complexity index is 1160. The Morgan fingerprint density at radius 2 is 1.55 bits per heavy atom. The third-order valence-electron chi connectivity index (χ3n) is 4.53. The van der Waals surface area contributed by atoms with Crippen LogP contribution in [0.15, 0.2) is 72.3 Å². The first-order chi connectivity index (χ1) is 14.9. The summed E-state index contributed by atoms with van der Waals surface area (Å²) in [6.07, 6.45) is 1.45. The molecular formula is C23H15Cl3N2O3. The number of hydrogen-bond acceptors (Lipinski definition) is 3. The van der Waals surface area contributed by atoms with Crippen molar-refractivity contribution in [1.82, 2.24) is 5.43 Å². The highest BCUT2D eigenvalue weighted by Gasteiger charge is 2.34. The van der Waals surface area contributed by atoms with Gasteiger partial charge in [-0.25, -0.2) is 5.01 Å². The molecule has 5 nitrogen and oxygen atoms in total. The average molecular weight is 474 g/mol. The lowest BCUT2D eigenvalue weighted by molar-refractivity contribution is -0.117. The Kier molecular flexibility index (Phi) is 6.18. The highest BCUT2D eigenvalue weighted by molar-refractivity contribution is 6.37. The number of nitrogens with one attached hydrogen (secondary N) is 1. The molecule has 8 heteroatoms. The maximum Gasteiger partial charge on any atom is 0.282 e. The molecule has 0 radical (unpaired) electrons. The Balaban J connectivity index is 1.55. The third-order valence-corrected chi connectivity index (χ3v) is 5.35. The molecule has 1 aliphatic heterocycles. The van der Waals surface area contributed by atoms with E-state index in [4.69, 9.17) is 39.5 Å². The second-order valence-electron chi connectivity index (χ2n) is 6.70. The van der Waals surface area contributed by atoms with E-state index in [0.717, 1.165) is 5.56 Å². The fraction of sp³-hybridized carbons (Fsp3) is 0.0435. The number of rotatable bonds is 5. The number of benzene rings is 3. The summed E-state index contributed by atoms with van der Waals surface area (Å²) in [5.41, 5.74) is 4.49. The van der Waals surface area contributed by atoms with Gasteiger partial charge in [-0.05, 0) is 53.6 Å². The molecule has 1 saturated heterocycles. The molecule has 1 aliphatic rings. The summed E-state index contributed by atoms with van der Waals surface area (Å²) in [6, 6.07) is 19.2. The van der Waals surface area contributed by atoms with E-state index in [-0.39, 0.29) is 22.2 Å². The molecule has 0 aromatic heterocycles. The summed E-state index contributed by atoms with van der Waals surface area (Å²) >= 11 is 18.6. The number of halogens is 3. The number of hydrazine groups is 1. The van der Waals surface area contributed by atoms with Crippen molar-refractivity contribution in [2.45, 2.75) is 6.61 Å². The normalized spacial score (nSPS) is 14.8. The SMILES string of the molecule is O=C1NN(c2ccccc2)C(=O)C1=Cc1cc(Cl)c(OCc2ccc(Cl)cc2)c(Cl)c1. The van der Waals surface area contributed by atoms with Gasteiger partial charge in [0.1, 0.15) is 12.2 Å². The summed E-state index contributed by atoms with van der Waals surface area (Å²) in [7, 11) is 0. The first-order valence-corrected chi connectivity index (χ1v) is 10.3. The Hall–Kier alpha value is -2.99. The Morgan fingerprint density at radius 3 is 2.19 bits per heavy atom. The number of amides is 2. The lowest BCUT2D eigenvalue weighted by atomic mass is 10.1. The number of para-hydroxylation sites is 1. The Morgan fingerprint density at radius 1 is 0.903 bits per heavy atom. The number of carbonyl (C=O) groups excluding carboxylic acids is 2. The summed E-state index contributed by atoms with van der Waals surface area (Å²) in [5.74, 6) is -0.663. The van der Waals surface area contributed by atoms with Crippen LogP contribution in [0.25, 0.3) is 6.08 Å². The van der Waals surface area contributed by atoms with Crippen molar-refractivity contribution in [1.29, 1.82) is 0 Å². The molecule has 0 unspecified atom stereocenters. The average Bonchev–Trinajstić information content (AvgIpc) is 3.03. The van der Waals surface area contributed by atoms with E-state index in [2.05, 4.69) is 5.43 Å². The lowest BCUT2D eigenvalue weighted by Gasteiger charge is -2.14. The van der Waals surface area contributed by atoms with Crippen LogP contribution >= 0.6 is 34.8 Å². The van der Waals surface area contributed by atoms with E-state index in [9.17, 15) is 9.59 Å². The minimum Gasteiger partial charge on any atom is -0.486 e. The quantitative estimate of drug-likeness (QED) is 0.383. The molecule has 0 aliphatic carbocycles. The summed E-state index contributed by atoms with van der Waals surface area (Å²) < 4.78 is 5.75. The molecule has 0 saturated carbocycles. The topological polar surface area (TPSA) is 58.6 Å². The van der Waals surface area contributed by atoms with Gasteiger partial charge in [-0.2, -0.15) is 0 Å². The van der Waals surface area contributed by atoms with Crippen molar-refractivity contribution >= 4 is 58.4 Å². The standard InChI is InChI=1S/C23H15Cl3N2O3/c24-16-8-6-14(7-9-16)13-31-21-19(25)11-15(12-20(21)26)10-18-22(29)27-28(23(18)30)17-4-2-1-3-5-17/h1-12H,13H2,(H,27,29). The number of hydrogen-bond donors (Lipinski definition) is 1. The van der Waals surface area contributed by atoms with E-state index in [0.29, 0.717) is 22.0 Å². The second kappa shape index (κ2) is 9.02. The summed E-state index contributed by atoms with van der Waals surface area (Å²) in [4.78, 5) is 25.1. The maximum atomic E-state index is 12.7. The maximum absolute atomic E-state index is 12.7.